The van der Waals surface area contributed by atoms with Crippen LogP contribution in [0.25, 0.3) is 11.1 Å². The second-order valence-electron chi connectivity index (χ2n) is 8.17. The molecule has 1 unspecified atom stereocenters. The number of halogens is 3. The third kappa shape index (κ3) is 3.78. The Hall–Kier alpha value is -2.90. The number of anilines is 2. The van der Waals surface area contributed by atoms with E-state index in [-0.39, 0.29) is 17.8 Å². The lowest BCUT2D eigenvalue weighted by molar-refractivity contribution is -0.142. The molecular weight excluding hydrogens is 397 g/mol. The third-order valence-electron chi connectivity index (χ3n) is 5.68. The normalized spacial score (nSPS) is 19.0. The molecule has 160 valence electrons. The van der Waals surface area contributed by atoms with E-state index < -0.39 is 23.6 Å². The molecule has 1 atom stereocenters. The van der Waals surface area contributed by atoms with Gasteiger partial charge in [0.25, 0.3) is 0 Å². The summed E-state index contributed by atoms with van der Waals surface area (Å²) in [5.74, 6) is -0.904. The number of rotatable bonds is 4. The third-order valence-corrected chi connectivity index (χ3v) is 5.68. The van der Waals surface area contributed by atoms with Crippen LogP contribution in [0.3, 0.4) is 0 Å². The van der Waals surface area contributed by atoms with Crippen molar-refractivity contribution in [1.82, 2.24) is 0 Å². The molecule has 2 aliphatic heterocycles. The highest BCUT2D eigenvalue weighted by Crippen LogP contribution is 2.45. The van der Waals surface area contributed by atoms with E-state index in [4.69, 9.17) is 9.84 Å². The molecule has 0 aromatic heterocycles. The molecule has 4 rings (SSSR count). The summed E-state index contributed by atoms with van der Waals surface area (Å²) in [6.45, 7) is 5.21. The van der Waals surface area contributed by atoms with Crippen LogP contribution < -0.4 is 15.0 Å². The maximum absolute atomic E-state index is 13.6. The fraction of sp³-hybridized carbons (Fsp3) is 0.409. The van der Waals surface area contributed by atoms with Crippen LogP contribution in [-0.4, -0.2) is 36.8 Å². The average molecular weight is 420 g/mol. The minimum atomic E-state index is -4.50. The van der Waals surface area contributed by atoms with Gasteiger partial charge < -0.3 is 20.1 Å². The van der Waals surface area contributed by atoms with E-state index in [1.54, 1.807) is 18.2 Å². The lowest BCUT2D eigenvalue weighted by Gasteiger charge is -2.38. The Balaban J connectivity index is 1.73. The molecule has 8 heteroatoms. The van der Waals surface area contributed by atoms with Gasteiger partial charge in [-0.25, -0.2) is 0 Å². The number of alkyl halides is 3. The molecule has 1 saturated heterocycles. The number of carboxylic acids is 1. The first-order chi connectivity index (χ1) is 14.1. The smallest absolute Gasteiger partial charge is 0.416 e. The maximum Gasteiger partial charge on any atom is 0.416 e. The standard InChI is InChI=1S/C22H23F3N2O3/c1-12(2)19-9-26-20-17(7-15(22(23,24)25)8-18(20)30-19)13-4-3-5-16(6-13)27-10-14(11-27)21(28)29/h3-8,12,14,19,26H,9-11H2,1-2H3,(H,28,29). The second-order valence-corrected chi connectivity index (χ2v) is 8.17. The van der Waals surface area contributed by atoms with E-state index in [9.17, 15) is 18.0 Å². The van der Waals surface area contributed by atoms with Crippen LogP contribution in [0, 0.1) is 11.8 Å². The molecular formula is C22H23F3N2O3. The van der Waals surface area contributed by atoms with E-state index in [1.165, 1.54) is 0 Å². The number of nitrogens with one attached hydrogen (secondary N) is 1. The quantitative estimate of drug-likeness (QED) is 0.749. The van der Waals surface area contributed by atoms with Gasteiger partial charge in [-0.15, -0.1) is 0 Å². The average Bonchev–Trinajstić information content (AvgIpc) is 2.64. The summed E-state index contributed by atoms with van der Waals surface area (Å²) >= 11 is 0. The zero-order valence-corrected chi connectivity index (χ0v) is 16.7. The van der Waals surface area contributed by atoms with Gasteiger partial charge in [-0.1, -0.05) is 26.0 Å². The van der Waals surface area contributed by atoms with Crippen LogP contribution in [0.1, 0.15) is 19.4 Å². The molecule has 2 aromatic carbocycles. The SMILES string of the molecule is CC(C)C1CNc2c(cc(C(F)(F)F)cc2-c2cccc(N3CC(C(=O)O)C3)c2)O1. The summed E-state index contributed by atoms with van der Waals surface area (Å²) in [5, 5.41) is 12.3. The Bertz CT molecular complexity index is 969. The van der Waals surface area contributed by atoms with Crippen LogP contribution >= 0.6 is 0 Å². The molecule has 2 heterocycles. The van der Waals surface area contributed by atoms with Crippen molar-refractivity contribution in [3.05, 3.63) is 42.0 Å². The fourth-order valence-corrected chi connectivity index (χ4v) is 3.78. The first-order valence-electron chi connectivity index (χ1n) is 9.87. The highest BCUT2D eigenvalue weighted by Gasteiger charge is 2.35. The largest absolute Gasteiger partial charge is 0.486 e. The van der Waals surface area contributed by atoms with E-state index in [1.807, 2.05) is 24.8 Å². The lowest BCUT2D eigenvalue weighted by Crippen LogP contribution is -2.50. The topological polar surface area (TPSA) is 61.8 Å². The number of aliphatic carboxylic acids is 1. The molecule has 0 radical (unpaired) electrons. The van der Waals surface area contributed by atoms with Crippen molar-refractivity contribution in [3.8, 4) is 16.9 Å². The van der Waals surface area contributed by atoms with E-state index in [0.717, 1.165) is 17.8 Å². The first kappa shape index (κ1) is 20.4. The summed E-state index contributed by atoms with van der Waals surface area (Å²) < 4.78 is 46.6. The zero-order chi connectivity index (χ0) is 21.6. The number of ether oxygens (including phenoxy) is 1. The van der Waals surface area contributed by atoms with Gasteiger partial charge in [-0.3, -0.25) is 4.79 Å². The Morgan fingerprint density at radius 2 is 1.97 bits per heavy atom. The number of benzene rings is 2. The highest BCUT2D eigenvalue weighted by atomic mass is 19.4. The number of hydrogen-bond donors (Lipinski definition) is 2. The molecule has 5 nitrogen and oxygen atoms in total. The molecule has 0 saturated carbocycles. The van der Waals surface area contributed by atoms with E-state index >= 15 is 0 Å². The van der Waals surface area contributed by atoms with Gasteiger partial charge in [-0.05, 0) is 35.7 Å². The molecule has 0 bridgehead atoms. The van der Waals surface area contributed by atoms with Crippen molar-refractivity contribution in [2.45, 2.75) is 26.1 Å². The van der Waals surface area contributed by atoms with Crippen molar-refractivity contribution >= 4 is 17.3 Å². The summed E-state index contributed by atoms with van der Waals surface area (Å²) in [6, 6.07) is 9.34. The van der Waals surface area contributed by atoms with Crippen molar-refractivity contribution in [1.29, 1.82) is 0 Å². The van der Waals surface area contributed by atoms with Gasteiger partial charge in [0.2, 0.25) is 0 Å². The van der Waals surface area contributed by atoms with E-state index in [0.29, 0.717) is 36.4 Å². The van der Waals surface area contributed by atoms with Crippen LogP contribution in [-0.2, 0) is 11.0 Å². The van der Waals surface area contributed by atoms with Crippen LogP contribution in [0.2, 0.25) is 0 Å². The number of fused-ring (bicyclic) bond motifs is 1. The number of hydrogen-bond acceptors (Lipinski definition) is 4. The summed E-state index contributed by atoms with van der Waals surface area (Å²) in [6.07, 6.45) is -4.71. The highest BCUT2D eigenvalue weighted by molar-refractivity contribution is 5.85. The van der Waals surface area contributed by atoms with Crippen molar-refractivity contribution < 1.29 is 27.8 Å². The Morgan fingerprint density at radius 1 is 1.23 bits per heavy atom. The van der Waals surface area contributed by atoms with E-state index in [2.05, 4.69) is 5.32 Å². The molecule has 0 spiro atoms. The molecule has 30 heavy (non-hydrogen) atoms. The number of carboxylic acid groups (broad SMARTS) is 1. The first-order valence-corrected chi connectivity index (χ1v) is 9.87. The van der Waals surface area contributed by atoms with Gasteiger partial charge >= 0.3 is 12.1 Å². The van der Waals surface area contributed by atoms with Gasteiger partial charge in [0.1, 0.15) is 11.9 Å². The molecule has 0 amide bonds. The molecule has 2 N–H and O–H groups in total. The zero-order valence-electron chi connectivity index (χ0n) is 16.7. The summed E-state index contributed by atoms with van der Waals surface area (Å²) in [7, 11) is 0. The van der Waals surface area contributed by atoms with Gasteiger partial charge in [0.15, 0.2) is 0 Å². The van der Waals surface area contributed by atoms with Gasteiger partial charge in [0.05, 0.1) is 23.7 Å². The van der Waals surface area contributed by atoms with Crippen molar-refractivity contribution in [2.75, 3.05) is 29.9 Å². The Morgan fingerprint density at radius 3 is 2.60 bits per heavy atom. The van der Waals surface area contributed by atoms with Crippen LogP contribution in [0.5, 0.6) is 5.75 Å². The minimum absolute atomic E-state index is 0.153. The van der Waals surface area contributed by atoms with Gasteiger partial charge in [0, 0.05) is 24.3 Å². The Labute approximate surface area is 172 Å². The predicted octanol–water partition coefficient (Wildman–Crippen LogP) is 4.72. The van der Waals surface area contributed by atoms with Crippen LogP contribution in [0.4, 0.5) is 24.5 Å². The lowest BCUT2D eigenvalue weighted by atomic mass is 9.95. The maximum atomic E-state index is 13.6. The molecule has 2 aliphatic rings. The van der Waals surface area contributed by atoms with Gasteiger partial charge in [-0.2, -0.15) is 13.2 Å². The van der Waals surface area contributed by atoms with Crippen molar-refractivity contribution in [3.63, 3.8) is 0 Å². The van der Waals surface area contributed by atoms with Crippen LogP contribution in [0.15, 0.2) is 36.4 Å². The molecule has 2 aromatic rings. The number of carbonyl (C=O) groups is 1. The second kappa shape index (κ2) is 7.41. The summed E-state index contributed by atoms with van der Waals surface area (Å²) in [5.41, 5.74) is 1.60. The summed E-state index contributed by atoms with van der Waals surface area (Å²) in [4.78, 5) is 13.0. The minimum Gasteiger partial charge on any atom is -0.486 e. The monoisotopic (exact) mass is 420 g/mol. The molecule has 0 aliphatic carbocycles. The fourth-order valence-electron chi connectivity index (χ4n) is 3.78. The Kier molecular flexibility index (Phi) is 5.03. The predicted molar refractivity (Wildman–Crippen MR) is 108 cm³/mol. The number of nitrogens with zero attached hydrogens (tertiary/aromatic N) is 1. The molecule has 1 fully saturated rings. The van der Waals surface area contributed by atoms with Crippen molar-refractivity contribution in [2.24, 2.45) is 11.8 Å².